The molecule has 6 nitrogen and oxygen atoms in total. The van der Waals surface area contributed by atoms with E-state index in [1.807, 2.05) is 0 Å². The van der Waals surface area contributed by atoms with Gasteiger partial charge in [-0.25, -0.2) is 0 Å². The van der Waals surface area contributed by atoms with Crippen LogP contribution in [0.5, 0.6) is 0 Å². The van der Waals surface area contributed by atoms with E-state index in [0.29, 0.717) is 16.3 Å². The number of amidine groups is 2. The van der Waals surface area contributed by atoms with Crippen LogP contribution in [-0.4, -0.2) is 35.9 Å². The maximum absolute atomic E-state index is 4.92. The summed E-state index contributed by atoms with van der Waals surface area (Å²) in [5, 5.41) is 9.17. The minimum atomic E-state index is 0. The molecule has 9 heteroatoms. The molecule has 1 aliphatic rings. The maximum atomic E-state index is 4.92. The minimum Gasteiger partial charge on any atom is -0.741 e. The topological polar surface area (TPSA) is 73.5 Å². The van der Waals surface area contributed by atoms with Gasteiger partial charge in [0.2, 0.25) is 0 Å². The van der Waals surface area contributed by atoms with E-state index >= 15 is 0 Å². The fourth-order valence-electron chi connectivity index (χ4n) is 1.51. The van der Waals surface area contributed by atoms with E-state index in [1.165, 1.54) is 0 Å². The molecular formula is C10H16CuN6S2. The number of hydrogen-bond donors (Lipinski definition) is 2. The standard InChI is InChI=1S/C10H18N6S2.Cu/c1-6-4-5-7(13-15-9(17)11-2)8(6)14-16-10(18)12-3;/h6H,4-5H2,1-3H3,(H2,11,15,17)(H2,12,16,18);/q;+2/p-2/b13-7+,14-8+;. The first-order chi connectivity index (χ1) is 8.58. The van der Waals surface area contributed by atoms with Crippen molar-refractivity contribution in [2.24, 2.45) is 26.1 Å². The Kier molecular flexibility index (Phi) is 8.82. The van der Waals surface area contributed by atoms with Gasteiger partial charge in [-0.3, -0.25) is 20.8 Å². The number of nitrogens with one attached hydrogen (secondary N) is 2. The van der Waals surface area contributed by atoms with Crippen molar-refractivity contribution in [2.75, 3.05) is 14.1 Å². The van der Waals surface area contributed by atoms with E-state index in [1.54, 1.807) is 14.1 Å². The Morgan fingerprint density at radius 1 is 1.11 bits per heavy atom. The van der Waals surface area contributed by atoms with Gasteiger partial charge in [0.25, 0.3) is 0 Å². The number of hydrogen-bond acceptors (Lipinski definition) is 6. The monoisotopic (exact) mass is 347 g/mol. The van der Waals surface area contributed by atoms with Crippen molar-refractivity contribution in [1.29, 1.82) is 0 Å². The van der Waals surface area contributed by atoms with Crippen molar-refractivity contribution in [3.05, 3.63) is 0 Å². The molecule has 0 spiro atoms. The van der Waals surface area contributed by atoms with E-state index in [2.05, 4.69) is 38.0 Å². The smallest absolute Gasteiger partial charge is 0.741 e. The Hall–Kier alpha value is -0.761. The van der Waals surface area contributed by atoms with Crippen LogP contribution >= 0.6 is 0 Å². The molecule has 2 N–H and O–H groups in total. The first-order valence-electron chi connectivity index (χ1n) is 5.52. The third-order valence-electron chi connectivity index (χ3n) is 2.54. The van der Waals surface area contributed by atoms with Gasteiger partial charge in [0.05, 0.1) is 11.4 Å². The summed E-state index contributed by atoms with van der Waals surface area (Å²) in [7, 11) is 3.23. The molecule has 109 valence electrons. The van der Waals surface area contributed by atoms with Crippen molar-refractivity contribution in [3.63, 3.8) is 0 Å². The van der Waals surface area contributed by atoms with Crippen LogP contribution in [0.25, 0.3) is 0 Å². The van der Waals surface area contributed by atoms with Gasteiger partial charge in [0, 0.05) is 20.0 Å². The molecule has 0 heterocycles. The van der Waals surface area contributed by atoms with Crippen molar-refractivity contribution in [2.45, 2.75) is 19.8 Å². The fourth-order valence-corrected chi connectivity index (χ4v) is 1.60. The summed E-state index contributed by atoms with van der Waals surface area (Å²) < 4.78 is 0. The van der Waals surface area contributed by atoms with Gasteiger partial charge in [0.1, 0.15) is 0 Å². The first-order valence-corrected chi connectivity index (χ1v) is 6.34. The molecule has 0 aromatic heterocycles. The molecule has 1 unspecified atom stereocenters. The number of aliphatic imine (C=N–C) groups is 2. The Morgan fingerprint density at radius 3 is 2.16 bits per heavy atom. The Bertz CT molecular complexity index is 418. The molecule has 1 fully saturated rings. The Labute approximate surface area is 135 Å². The molecule has 0 aromatic rings. The molecule has 0 bridgehead atoms. The normalized spacial score (nSPS) is 24.5. The van der Waals surface area contributed by atoms with Gasteiger partial charge in [0.15, 0.2) is 0 Å². The van der Waals surface area contributed by atoms with Gasteiger partial charge >= 0.3 is 17.1 Å². The third-order valence-corrected chi connectivity index (χ3v) is 3.09. The summed E-state index contributed by atoms with van der Waals surface area (Å²) in [5.41, 5.74) is 7.20. The SMILES string of the molecule is CN=C([S-])N/N=C1\CCC(C)\C1=N/NC([S-])=NC.[Cu+2]. The first kappa shape index (κ1) is 18.2. The van der Waals surface area contributed by atoms with E-state index in [-0.39, 0.29) is 17.1 Å². The average molecular weight is 348 g/mol. The molecule has 1 aliphatic carbocycles. The molecular weight excluding hydrogens is 332 g/mol. The molecule has 1 radical (unpaired) electrons. The molecule has 1 saturated carbocycles. The molecule has 0 saturated heterocycles. The second kappa shape index (κ2) is 9.19. The molecule has 0 aliphatic heterocycles. The number of rotatable bonds is 2. The van der Waals surface area contributed by atoms with Crippen LogP contribution in [0.15, 0.2) is 20.2 Å². The van der Waals surface area contributed by atoms with E-state index in [4.69, 9.17) is 25.3 Å². The zero-order valence-corrected chi connectivity index (χ0v) is 13.5. The summed E-state index contributed by atoms with van der Waals surface area (Å²) in [6.45, 7) is 2.09. The van der Waals surface area contributed by atoms with Gasteiger partial charge in [-0.05, 0) is 23.2 Å². The number of nitrogens with zero attached hydrogens (tertiary/aromatic N) is 4. The van der Waals surface area contributed by atoms with Crippen LogP contribution in [0.2, 0.25) is 0 Å². The zero-order chi connectivity index (χ0) is 13.5. The van der Waals surface area contributed by atoms with Crippen LogP contribution in [-0.2, 0) is 42.3 Å². The van der Waals surface area contributed by atoms with Crippen LogP contribution in [0.3, 0.4) is 0 Å². The molecule has 19 heavy (non-hydrogen) atoms. The van der Waals surface area contributed by atoms with Crippen molar-refractivity contribution < 1.29 is 17.1 Å². The van der Waals surface area contributed by atoms with Crippen LogP contribution in [0, 0.1) is 5.92 Å². The van der Waals surface area contributed by atoms with Gasteiger partial charge in [-0.2, -0.15) is 10.2 Å². The Morgan fingerprint density at radius 2 is 1.63 bits per heavy atom. The van der Waals surface area contributed by atoms with Gasteiger partial charge in [-0.1, -0.05) is 6.92 Å². The molecule has 0 amide bonds. The fraction of sp³-hybridized carbons (Fsp3) is 0.600. The second-order valence-electron chi connectivity index (χ2n) is 3.78. The van der Waals surface area contributed by atoms with E-state index in [9.17, 15) is 0 Å². The van der Waals surface area contributed by atoms with Crippen LogP contribution in [0.4, 0.5) is 0 Å². The van der Waals surface area contributed by atoms with Crippen LogP contribution in [0.1, 0.15) is 19.8 Å². The minimum absolute atomic E-state index is 0. The molecule has 1 rings (SSSR count). The second-order valence-corrected chi connectivity index (χ2v) is 4.55. The quantitative estimate of drug-likeness (QED) is 0.249. The molecule has 0 aromatic carbocycles. The van der Waals surface area contributed by atoms with Crippen molar-refractivity contribution in [1.82, 2.24) is 10.9 Å². The summed E-state index contributed by atoms with van der Waals surface area (Å²) >= 11 is 9.82. The molecule has 1 atom stereocenters. The average Bonchev–Trinajstić information content (AvgIpc) is 2.73. The predicted octanol–water partition coefficient (Wildman–Crippen LogP) is 0.370. The summed E-state index contributed by atoms with van der Waals surface area (Å²) in [4.78, 5) is 7.61. The van der Waals surface area contributed by atoms with E-state index < -0.39 is 0 Å². The summed E-state index contributed by atoms with van der Waals surface area (Å²) in [6.07, 6.45) is 1.87. The van der Waals surface area contributed by atoms with Gasteiger partial charge in [-0.15, -0.1) is 0 Å². The summed E-state index contributed by atoms with van der Waals surface area (Å²) in [6, 6.07) is 0. The van der Waals surface area contributed by atoms with Crippen molar-refractivity contribution in [3.8, 4) is 0 Å². The third kappa shape index (κ3) is 5.82. The summed E-state index contributed by atoms with van der Waals surface area (Å²) in [5.74, 6) is 0.338. The Balaban J connectivity index is 0.00000324. The number of hydrazone groups is 2. The van der Waals surface area contributed by atoms with Crippen molar-refractivity contribution >= 4 is 47.0 Å². The predicted molar refractivity (Wildman–Crippen MR) is 81.0 cm³/mol. The maximum Gasteiger partial charge on any atom is 2.00 e. The van der Waals surface area contributed by atoms with E-state index in [0.717, 1.165) is 24.3 Å². The zero-order valence-electron chi connectivity index (χ0n) is 10.9. The largest absolute Gasteiger partial charge is 2.00 e. The van der Waals surface area contributed by atoms with Crippen LogP contribution < -0.4 is 10.9 Å². The van der Waals surface area contributed by atoms with Gasteiger partial charge < -0.3 is 25.3 Å².